The van der Waals surface area contributed by atoms with Crippen molar-refractivity contribution in [1.29, 1.82) is 0 Å². The Morgan fingerprint density at radius 2 is 1.10 bits per heavy atom. The molecule has 0 bridgehead atoms. The van der Waals surface area contributed by atoms with Crippen molar-refractivity contribution in [3.05, 3.63) is 29.3 Å². The molecule has 1 aromatic rings. The van der Waals surface area contributed by atoms with E-state index in [1.54, 1.807) is 0 Å². The first-order valence-electron chi connectivity index (χ1n) is 6.91. The van der Waals surface area contributed by atoms with Crippen molar-refractivity contribution >= 4 is 13.3 Å². The lowest BCUT2D eigenvalue weighted by Gasteiger charge is -2.43. The fraction of sp³-hybridized carbons (Fsp3) is 0.600. The predicted octanol–water partition coefficient (Wildman–Crippen LogP) is 5.13. The summed E-state index contributed by atoms with van der Waals surface area (Å²) in [5.41, 5.74) is 0.0316. The van der Waals surface area contributed by atoms with Crippen LogP contribution in [0.25, 0.3) is 0 Å². The number of hydrogen-bond acceptors (Lipinski definition) is 0. The van der Waals surface area contributed by atoms with Crippen LogP contribution in [0.5, 0.6) is 0 Å². The van der Waals surface area contributed by atoms with Crippen LogP contribution in [0, 0.1) is 23.3 Å². The summed E-state index contributed by atoms with van der Waals surface area (Å²) in [5, 5.41) is -0.198. The third-order valence-electron chi connectivity index (χ3n) is 4.41. The van der Waals surface area contributed by atoms with Crippen LogP contribution in [0.1, 0.15) is 41.5 Å². The summed E-state index contributed by atoms with van der Waals surface area (Å²) in [7, 11) is -2.70. The molecule has 0 spiro atoms. The monoisotopic (exact) mass is 306 g/mol. The van der Waals surface area contributed by atoms with Gasteiger partial charge >= 0.3 is 0 Å². The molecular weight excluding hydrogens is 284 g/mol. The van der Waals surface area contributed by atoms with Gasteiger partial charge in [0.25, 0.3) is 0 Å². The molecule has 1 rings (SSSR count). The zero-order chi connectivity index (χ0) is 15.8. The molecule has 0 aliphatic carbocycles. The number of rotatable bonds is 4. The van der Waals surface area contributed by atoms with Crippen molar-refractivity contribution in [3.63, 3.8) is 0 Å². The lowest BCUT2D eigenvalue weighted by atomic mass is 10.3. The van der Waals surface area contributed by atoms with Gasteiger partial charge in [-0.2, -0.15) is 0 Å². The quantitative estimate of drug-likeness (QED) is 0.313. The summed E-state index contributed by atoms with van der Waals surface area (Å²) in [4.78, 5) is 0. The molecule has 0 unspecified atom stereocenters. The first kappa shape index (κ1) is 17.2. The molecule has 0 aliphatic heterocycles. The Balaban J connectivity index is 3.80. The van der Waals surface area contributed by atoms with Gasteiger partial charge in [-0.25, -0.2) is 17.6 Å². The fourth-order valence-electron chi connectivity index (χ4n) is 3.83. The normalized spacial score (nSPS) is 12.8. The van der Waals surface area contributed by atoms with E-state index in [1.807, 2.05) is 41.5 Å². The van der Waals surface area contributed by atoms with Crippen molar-refractivity contribution < 1.29 is 17.6 Å². The summed E-state index contributed by atoms with van der Waals surface area (Å²) in [6, 6.07) is 0.475. The minimum atomic E-state index is -2.70. The van der Waals surface area contributed by atoms with Crippen molar-refractivity contribution in [1.82, 2.24) is 0 Å². The van der Waals surface area contributed by atoms with E-state index >= 15 is 0 Å². The summed E-state index contributed by atoms with van der Waals surface area (Å²) < 4.78 is 55.3. The lowest BCUT2D eigenvalue weighted by molar-refractivity contribution is 0.439. The standard InChI is InChI=1S/C15H22F4Si/c1-8(2)20(9(3)4,10(5)6)15-12(17)7-11(16)13(18)14(15)19/h7-10H,1-6H3. The molecule has 0 aromatic heterocycles. The zero-order valence-electron chi connectivity index (χ0n) is 12.8. The zero-order valence-corrected chi connectivity index (χ0v) is 13.8. The van der Waals surface area contributed by atoms with Crippen LogP contribution in [0.15, 0.2) is 6.07 Å². The van der Waals surface area contributed by atoms with E-state index in [9.17, 15) is 17.6 Å². The van der Waals surface area contributed by atoms with E-state index in [2.05, 4.69) is 0 Å². The molecule has 114 valence electrons. The van der Waals surface area contributed by atoms with E-state index in [-0.39, 0.29) is 21.8 Å². The van der Waals surface area contributed by atoms with Gasteiger partial charge < -0.3 is 0 Å². The summed E-state index contributed by atoms with van der Waals surface area (Å²) in [6.07, 6.45) is 0. The van der Waals surface area contributed by atoms with E-state index in [4.69, 9.17) is 0 Å². The average Bonchev–Trinajstić information content (AvgIpc) is 2.30. The second-order valence-corrected chi connectivity index (χ2v) is 12.1. The van der Waals surface area contributed by atoms with Crippen LogP contribution in [-0.4, -0.2) is 8.07 Å². The molecule has 0 saturated carbocycles. The third-order valence-corrected chi connectivity index (χ3v) is 11.5. The third kappa shape index (κ3) is 2.40. The molecule has 0 atom stereocenters. The van der Waals surface area contributed by atoms with Crippen molar-refractivity contribution in [3.8, 4) is 0 Å². The molecule has 0 heterocycles. The Labute approximate surface area is 119 Å². The maximum absolute atomic E-state index is 14.3. The number of halogens is 4. The molecular formula is C15H22F4Si. The first-order chi connectivity index (χ1) is 9.08. The predicted molar refractivity (Wildman–Crippen MR) is 77.0 cm³/mol. The number of hydrogen-bond donors (Lipinski definition) is 0. The van der Waals surface area contributed by atoms with Gasteiger partial charge in [-0.15, -0.1) is 0 Å². The maximum atomic E-state index is 14.3. The molecule has 5 heteroatoms. The Hall–Kier alpha value is -0.843. The maximum Gasteiger partial charge on any atom is 0.194 e. The second kappa shape index (κ2) is 5.88. The molecule has 0 aliphatic rings. The highest BCUT2D eigenvalue weighted by atomic mass is 28.3. The SMILES string of the molecule is CC(C)[Si](c1c(F)cc(F)c(F)c1F)(C(C)C)C(C)C. The van der Waals surface area contributed by atoms with Crippen molar-refractivity contribution in [2.45, 2.75) is 58.2 Å². The molecule has 0 nitrogen and oxygen atoms in total. The van der Waals surface area contributed by atoms with E-state index < -0.39 is 31.3 Å². The molecule has 0 saturated heterocycles. The topological polar surface area (TPSA) is 0 Å². The van der Waals surface area contributed by atoms with E-state index in [1.165, 1.54) is 0 Å². The molecule has 20 heavy (non-hydrogen) atoms. The Morgan fingerprint density at radius 3 is 1.45 bits per heavy atom. The lowest BCUT2D eigenvalue weighted by Crippen LogP contribution is -2.58. The molecule has 0 N–H and O–H groups in total. The highest BCUT2D eigenvalue weighted by molar-refractivity contribution is 6.95. The summed E-state index contributed by atoms with van der Waals surface area (Å²) >= 11 is 0. The van der Waals surface area contributed by atoms with Gasteiger partial charge in [-0.05, 0) is 16.6 Å². The molecule has 0 radical (unpaired) electrons. The largest absolute Gasteiger partial charge is 0.207 e. The summed E-state index contributed by atoms with van der Waals surface area (Å²) in [5.74, 6) is -5.34. The van der Waals surface area contributed by atoms with Crippen molar-refractivity contribution in [2.24, 2.45) is 0 Å². The van der Waals surface area contributed by atoms with Gasteiger partial charge in [0, 0.05) is 11.3 Å². The van der Waals surface area contributed by atoms with Crippen LogP contribution < -0.4 is 5.19 Å². The minimum Gasteiger partial charge on any atom is -0.207 e. The second-order valence-electron chi connectivity index (χ2n) is 6.24. The van der Waals surface area contributed by atoms with Gasteiger partial charge in [-0.1, -0.05) is 41.5 Å². The first-order valence-corrected chi connectivity index (χ1v) is 9.15. The van der Waals surface area contributed by atoms with Gasteiger partial charge in [0.05, 0.1) is 0 Å². The van der Waals surface area contributed by atoms with Crippen LogP contribution in [0.4, 0.5) is 17.6 Å². The smallest absolute Gasteiger partial charge is 0.194 e. The average molecular weight is 306 g/mol. The van der Waals surface area contributed by atoms with Crippen LogP contribution in [-0.2, 0) is 0 Å². The van der Waals surface area contributed by atoms with E-state index in [0.29, 0.717) is 6.07 Å². The molecule has 0 amide bonds. The highest BCUT2D eigenvalue weighted by Gasteiger charge is 2.48. The van der Waals surface area contributed by atoms with Gasteiger partial charge in [0.2, 0.25) is 0 Å². The highest BCUT2D eigenvalue weighted by Crippen LogP contribution is 2.42. The van der Waals surface area contributed by atoms with Crippen LogP contribution in [0.3, 0.4) is 0 Å². The van der Waals surface area contributed by atoms with E-state index in [0.717, 1.165) is 0 Å². The van der Waals surface area contributed by atoms with Gasteiger partial charge in [-0.3, -0.25) is 0 Å². The fourth-order valence-corrected chi connectivity index (χ4v) is 10.5. The number of benzene rings is 1. The Bertz CT molecular complexity index is 473. The van der Waals surface area contributed by atoms with Crippen molar-refractivity contribution in [2.75, 3.05) is 0 Å². The van der Waals surface area contributed by atoms with Gasteiger partial charge in [0.1, 0.15) is 13.9 Å². The van der Waals surface area contributed by atoms with Crippen LogP contribution in [0.2, 0.25) is 16.6 Å². The van der Waals surface area contributed by atoms with Gasteiger partial charge in [0.15, 0.2) is 17.5 Å². The Kier molecular flexibility index (Phi) is 5.06. The molecule has 1 aromatic carbocycles. The van der Waals surface area contributed by atoms with Crippen LogP contribution >= 0.6 is 0 Å². The molecule has 0 fully saturated rings. The minimum absolute atomic E-state index is 0.0105. The Morgan fingerprint density at radius 1 is 0.700 bits per heavy atom. The summed E-state index contributed by atoms with van der Waals surface area (Å²) in [6.45, 7) is 11.5.